The highest BCUT2D eigenvalue weighted by molar-refractivity contribution is 6.00. The van der Waals surface area contributed by atoms with E-state index in [4.69, 9.17) is 0 Å². The normalized spacial score (nSPS) is 14.9. The molecule has 26 heavy (non-hydrogen) atoms. The molecule has 3 rings (SSSR count). The average molecular weight is 354 g/mol. The van der Waals surface area contributed by atoms with Gasteiger partial charge in [0.15, 0.2) is 0 Å². The largest absolute Gasteiger partial charge is 0.350 e. The van der Waals surface area contributed by atoms with Crippen molar-refractivity contribution in [2.75, 3.05) is 4.90 Å². The Kier molecular flexibility index (Phi) is 5.40. The fraction of sp³-hybridized carbons (Fsp3) is 0.450. The van der Waals surface area contributed by atoms with Crippen molar-refractivity contribution in [2.45, 2.75) is 59.2 Å². The van der Waals surface area contributed by atoms with Crippen molar-refractivity contribution in [1.82, 2.24) is 15.1 Å². The number of anilines is 1. The molecule has 0 spiro atoms. The van der Waals surface area contributed by atoms with Crippen LogP contribution in [0.25, 0.3) is 0 Å². The lowest BCUT2D eigenvalue weighted by Gasteiger charge is -2.33. The van der Waals surface area contributed by atoms with Crippen LogP contribution >= 0.6 is 0 Å². The van der Waals surface area contributed by atoms with E-state index in [1.807, 2.05) is 36.7 Å². The summed E-state index contributed by atoms with van der Waals surface area (Å²) in [6.45, 7) is 6.97. The number of amides is 2. The fourth-order valence-electron chi connectivity index (χ4n) is 3.36. The molecule has 2 aromatic rings. The Morgan fingerprint density at radius 2 is 1.92 bits per heavy atom. The van der Waals surface area contributed by atoms with Gasteiger partial charge in [-0.3, -0.25) is 14.5 Å². The van der Waals surface area contributed by atoms with E-state index in [9.17, 15) is 9.59 Å². The predicted molar refractivity (Wildman–Crippen MR) is 101 cm³/mol. The summed E-state index contributed by atoms with van der Waals surface area (Å²) in [7, 11) is 0. The van der Waals surface area contributed by atoms with Crippen LogP contribution in [0.3, 0.4) is 0 Å². The molecule has 6 heteroatoms. The van der Waals surface area contributed by atoms with Gasteiger partial charge in [-0.05, 0) is 30.9 Å². The van der Waals surface area contributed by atoms with Gasteiger partial charge in [-0.1, -0.05) is 38.1 Å². The number of aryl methyl sites for hydroxylation is 3. The monoisotopic (exact) mass is 354 g/mol. The van der Waals surface area contributed by atoms with E-state index < -0.39 is 6.04 Å². The van der Waals surface area contributed by atoms with Crippen LogP contribution < -0.4 is 10.2 Å². The van der Waals surface area contributed by atoms with E-state index in [0.29, 0.717) is 31.7 Å². The molecule has 1 atom stereocenters. The second-order valence-electron chi connectivity index (χ2n) is 6.69. The van der Waals surface area contributed by atoms with Gasteiger partial charge in [0.05, 0.1) is 12.2 Å². The van der Waals surface area contributed by atoms with Gasteiger partial charge in [-0.15, -0.1) is 0 Å². The summed E-state index contributed by atoms with van der Waals surface area (Å²) in [6, 6.07) is 9.57. The van der Waals surface area contributed by atoms with Crippen LogP contribution in [-0.4, -0.2) is 27.6 Å². The Morgan fingerprint density at radius 1 is 1.23 bits per heavy atom. The molecule has 0 aliphatic carbocycles. The summed E-state index contributed by atoms with van der Waals surface area (Å²) >= 11 is 0. The smallest absolute Gasteiger partial charge is 0.243 e. The molecule has 138 valence electrons. The molecule has 1 aromatic heterocycles. The quantitative estimate of drug-likeness (QED) is 0.867. The van der Waals surface area contributed by atoms with Crippen LogP contribution in [0.5, 0.6) is 0 Å². The minimum Gasteiger partial charge on any atom is -0.350 e. The number of aromatic nitrogens is 2. The molecule has 0 unspecified atom stereocenters. The Bertz CT molecular complexity index is 795. The molecule has 1 aliphatic heterocycles. The van der Waals surface area contributed by atoms with Gasteiger partial charge in [0.1, 0.15) is 11.9 Å². The van der Waals surface area contributed by atoms with Crippen LogP contribution in [0.2, 0.25) is 0 Å². The number of hydrogen-bond acceptors (Lipinski definition) is 3. The molecule has 6 nitrogen and oxygen atoms in total. The summed E-state index contributed by atoms with van der Waals surface area (Å²) in [5.74, 6) is 0.562. The number of benzene rings is 1. The minimum atomic E-state index is -0.521. The van der Waals surface area contributed by atoms with Crippen LogP contribution in [0, 0.1) is 6.92 Å². The minimum absolute atomic E-state index is 0.0216. The van der Waals surface area contributed by atoms with E-state index in [2.05, 4.69) is 29.5 Å². The number of hydrogen-bond donors (Lipinski definition) is 1. The topological polar surface area (TPSA) is 67.2 Å². The zero-order valence-electron chi connectivity index (χ0n) is 15.7. The first-order chi connectivity index (χ1) is 12.5. The molecule has 0 saturated heterocycles. The van der Waals surface area contributed by atoms with Crippen molar-refractivity contribution in [2.24, 2.45) is 0 Å². The van der Waals surface area contributed by atoms with Gasteiger partial charge in [-0.2, -0.15) is 5.10 Å². The van der Waals surface area contributed by atoms with Crippen molar-refractivity contribution in [3.63, 3.8) is 0 Å². The Balaban J connectivity index is 1.73. The van der Waals surface area contributed by atoms with Gasteiger partial charge in [-0.25, -0.2) is 4.68 Å². The number of carbonyl (C=O) groups is 2. The molecule has 0 radical (unpaired) electrons. The summed E-state index contributed by atoms with van der Waals surface area (Å²) < 4.78 is 1.82. The molecule has 0 bridgehead atoms. The summed E-state index contributed by atoms with van der Waals surface area (Å²) in [4.78, 5) is 26.9. The maximum absolute atomic E-state index is 12.8. The van der Waals surface area contributed by atoms with Gasteiger partial charge in [0.2, 0.25) is 11.8 Å². The zero-order chi connectivity index (χ0) is 18.7. The molecule has 1 aromatic carbocycles. The third kappa shape index (κ3) is 3.64. The Labute approximate surface area is 154 Å². The first-order valence-corrected chi connectivity index (χ1v) is 9.25. The maximum atomic E-state index is 12.8. The number of nitrogens with one attached hydrogen (secondary N) is 1. The number of rotatable bonds is 6. The first-order valence-electron chi connectivity index (χ1n) is 9.25. The van der Waals surface area contributed by atoms with E-state index in [1.165, 1.54) is 5.56 Å². The van der Waals surface area contributed by atoms with E-state index in [1.54, 1.807) is 4.90 Å². The van der Waals surface area contributed by atoms with Gasteiger partial charge >= 0.3 is 0 Å². The lowest BCUT2D eigenvalue weighted by atomic mass is 10.1. The van der Waals surface area contributed by atoms with Crippen molar-refractivity contribution in [3.05, 3.63) is 47.2 Å². The van der Waals surface area contributed by atoms with Gasteiger partial charge in [0.25, 0.3) is 0 Å². The summed E-state index contributed by atoms with van der Waals surface area (Å²) in [5, 5.41) is 7.39. The van der Waals surface area contributed by atoms with Crippen molar-refractivity contribution < 1.29 is 9.59 Å². The molecule has 1 aliphatic rings. The van der Waals surface area contributed by atoms with E-state index >= 15 is 0 Å². The molecule has 0 fully saturated rings. The van der Waals surface area contributed by atoms with Gasteiger partial charge in [0, 0.05) is 19.0 Å². The second kappa shape index (κ2) is 7.72. The Hall–Kier alpha value is -2.63. The number of carbonyl (C=O) groups excluding carboxylic acids is 2. The molecule has 2 heterocycles. The zero-order valence-corrected chi connectivity index (χ0v) is 15.7. The van der Waals surface area contributed by atoms with Crippen LogP contribution in [-0.2, 0) is 29.1 Å². The molecular weight excluding hydrogens is 328 g/mol. The lowest BCUT2D eigenvalue weighted by molar-refractivity contribution is -0.127. The molecule has 1 N–H and O–H groups in total. The number of fused-ring (bicyclic) bond motifs is 1. The van der Waals surface area contributed by atoms with Crippen molar-refractivity contribution in [3.8, 4) is 0 Å². The third-order valence-electron chi connectivity index (χ3n) is 4.83. The summed E-state index contributed by atoms with van der Waals surface area (Å²) in [5.41, 5.74) is 3.18. The van der Waals surface area contributed by atoms with E-state index in [0.717, 1.165) is 17.7 Å². The van der Waals surface area contributed by atoms with Crippen molar-refractivity contribution in [1.29, 1.82) is 0 Å². The Morgan fingerprint density at radius 3 is 2.58 bits per heavy atom. The van der Waals surface area contributed by atoms with Crippen LogP contribution in [0.4, 0.5) is 5.82 Å². The fourth-order valence-corrected chi connectivity index (χ4v) is 3.36. The molecule has 0 saturated carbocycles. The highest BCUT2D eigenvalue weighted by Crippen LogP contribution is 2.26. The maximum Gasteiger partial charge on any atom is 0.243 e. The second-order valence-corrected chi connectivity index (χ2v) is 6.69. The summed E-state index contributed by atoms with van der Waals surface area (Å²) in [6.07, 6.45) is 1.92. The predicted octanol–water partition coefficient (Wildman–Crippen LogP) is 2.59. The highest BCUT2D eigenvalue weighted by atomic mass is 16.2. The van der Waals surface area contributed by atoms with Crippen LogP contribution in [0.1, 0.15) is 43.5 Å². The van der Waals surface area contributed by atoms with Crippen LogP contribution in [0.15, 0.2) is 30.3 Å². The highest BCUT2D eigenvalue weighted by Gasteiger charge is 2.34. The first kappa shape index (κ1) is 18.2. The van der Waals surface area contributed by atoms with E-state index in [-0.39, 0.29) is 11.8 Å². The molecular formula is C20H26N4O2. The SMILES string of the molecule is CCc1ccc(CNC(=O)[C@H](CC)N2C(=O)CCn3nc(C)cc32)cc1. The number of nitrogens with zero attached hydrogens (tertiary/aromatic N) is 3. The van der Waals surface area contributed by atoms with Crippen molar-refractivity contribution >= 4 is 17.6 Å². The van der Waals surface area contributed by atoms with Gasteiger partial charge < -0.3 is 5.32 Å². The standard InChI is InChI=1S/C20H26N4O2/c1-4-15-6-8-16(9-7-15)13-21-20(26)17(5-2)24-18-12-14(3)22-23(18)11-10-19(24)25/h6-9,12,17H,4-5,10-11,13H2,1-3H3,(H,21,26)/t17-/m0/s1. The lowest BCUT2D eigenvalue weighted by Crippen LogP contribution is -2.52. The third-order valence-corrected chi connectivity index (χ3v) is 4.83. The molecule has 2 amide bonds. The average Bonchev–Trinajstić information content (AvgIpc) is 3.03.